The topological polar surface area (TPSA) is 208 Å². The maximum atomic E-state index is 13.4. The number of phenolic OH excluding ortho intramolecular Hbond substituents is 1. The van der Waals surface area contributed by atoms with E-state index in [4.69, 9.17) is 10.8 Å². The molecule has 2 aromatic rings. The van der Waals surface area contributed by atoms with Crippen LogP contribution >= 0.6 is 0 Å². The maximum absolute atomic E-state index is 13.4. The van der Waals surface area contributed by atoms with E-state index in [-0.39, 0.29) is 30.9 Å². The molecule has 2 aromatic carbocycles. The molecule has 216 valence electrons. The van der Waals surface area contributed by atoms with E-state index in [2.05, 4.69) is 16.0 Å². The number of carbonyl (C=O) groups is 5. The van der Waals surface area contributed by atoms with Crippen LogP contribution in [0.4, 0.5) is 0 Å². The summed E-state index contributed by atoms with van der Waals surface area (Å²) in [7, 11) is 0. The Morgan fingerprint density at radius 3 is 1.80 bits per heavy atom. The molecule has 0 saturated carbocycles. The summed E-state index contributed by atoms with van der Waals surface area (Å²) in [5.74, 6) is -5.07. The molecule has 0 fully saturated rings. The molecule has 4 unspecified atom stereocenters. The fourth-order valence-corrected chi connectivity index (χ4v) is 3.94. The quantitative estimate of drug-likeness (QED) is 0.163. The zero-order valence-electron chi connectivity index (χ0n) is 22.4. The third-order valence-corrected chi connectivity index (χ3v) is 5.98. The minimum Gasteiger partial charge on any atom is -0.508 e. The fourth-order valence-electron chi connectivity index (χ4n) is 3.94. The first-order valence-electron chi connectivity index (χ1n) is 12.8. The van der Waals surface area contributed by atoms with Gasteiger partial charge in [-0.1, -0.05) is 56.3 Å². The number of hydrogen-bond acceptors (Lipinski definition) is 7. The van der Waals surface area contributed by atoms with Gasteiger partial charge in [-0.25, -0.2) is 4.79 Å². The van der Waals surface area contributed by atoms with E-state index in [0.29, 0.717) is 11.1 Å². The van der Waals surface area contributed by atoms with Crippen LogP contribution in [-0.2, 0) is 36.8 Å². The number of phenols is 1. The number of hydrogen-bond donors (Lipinski definition) is 7. The Hall–Kier alpha value is -4.45. The summed E-state index contributed by atoms with van der Waals surface area (Å²) >= 11 is 0. The molecule has 0 aliphatic carbocycles. The van der Waals surface area contributed by atoms with E-state index < -0.39 is 60.2 Å². The number of aromatic hydroxyl groups is 1. The van der Waals surface area contributed by atoms with Crippen molar-refractivity contribution < 1.29 is 39.3 Å². The highest BCUT2D eigenvalue weighted by atomic mass is 16.4. The van der Waals surface area contributed by atoms with Crippen LogP contribution in [0.15, 0.2) is 54.6 Å². The SMILES string of the molecule is CC(C)CC(NC(=O)C(N)Cc1ccc(O)cc1)C(=O)NC(Cc1ccccc1)C(=O)NC(CC(=O)O)C(=O)O. The zero-order chi connectivity index (χ0) is 29.8. The molecule has 0 bridgehead atoms. The summed E-state index contributed by atoms with van der Waals surface area (Å²) in [6.07, 6.45) is -0.486. The Balaban J connectivity index is 2.20. The van der Waals surface area contributed by atoms with E-state index in [1.807, 2.05) is 13.8 Å². The standard InChI is InChI=1S/C28H36N4O8/c1-16(2)12-21(30-25(36)20(29)13-18-8-10-19(33)11-9-18)26(37)31-22(14-17-6-4-3-5-7-17)27(38)32-23(28(39)40)15-24(34)35/h3-11,16,20-23,33H,12-15,29H2,1-2H3,(H,30,36)(H,31,37)(H,32,38)(H,34,35)(H,39,40). The van der Waals surface area contributed by atoms with Crippen LogP contribution < -0.4 is 21.7 Å². The number of benzene rings is 2. The first kappa shape index (κ1) is 31.8. The second-order valence-electron chi connectivity index (χ2n) is 9.92. The van der Waals surface area contributed by atoms with Gasteiger partial charge in [0.05, 0.1) is 12.5 Å². The summed E-state index contributed by atoms with van der Waals surface area (Å²) in [4.78, 5) is 61.9. The molecule has 0 aliphatic rings. The number of rotatable bonds is 15. The molecule has 0 radical (unpaired) electrons. The van der Waals surface area contributed by atoms with E-state index in [1.54, 1.807) is 42.5 Å². The largest absolute Gasteiger partial charge is 0.508 e. The molecule has 12 nitrogen and oxygen atoms in total. The molecule has 0 saturated heterocycles. The number of amides is 3. The van der Waals surface area contributed by atoms with E-state index >= 15 is 0 Å². The average Bonchev–Trinajstić information content (AvgIpc) is 2.88. The number of carboxylic acid groups (broad SMARTS) is 2. The molecule has 0 aromatic heterocycles. The monoisotopic (exact) mass is 556 g/mol. The lowest BCUT2D eigenvalue weighted by Gasteiger charge is -2.26. The molecular formula is C28H36N4O8. The van der Waals surface area contributed by atoms with Gasteiger partial charge in [0.25, 0.3) is 0 Å². The molecule has 0 heterocycles. The molecule has 2 rings (SSSR count). The Bertz CT molecular complexity index is 1170. The fraction of sp³-hybridized carbons (Fsp3) is 0.393. The van der Waals surface area contributed by atoms with Gasteiger partial charge in [0.1, 0.15) is 23.9 Å². The number of carbonyl (C=O) groups excluding carboxylic acids is 3. The predicted molar refractivity (Wildman–Crippen MR) is 145 cm³/mol. The lowest BCUT2D eigenvalue weighted by molar-refractivity contribution is -0.147. The molecule has 12 heteroatoms. The molecule has 3 amide bonds. The molecule has 0 spiro atoms. The van der Waals surface area contributed by atoms with E-state index in [9.17, 15) is 34.2 Å². The van der Waals surface area contributed by atoms with Crippen molar-refractivity contribution in [3.05, 3.63) is 65.7 Å². The number of aliphatic carboxylic acids is 2. The third-order valence-electron chi connectivity index (χ3n) is 5.98. The van der Waals surface area contributed by atoms with Crippen LogP contribution in [-0.4, -0.2) is 69.1 Å². The maximum Gasteiger partial charge on any atom is 0.326 e. The number of nitrogens with one attached hydrogen (secondary N) is 3. The summed E-state index contributed by atoms with van der Waals surface area (Å²) < 4.78 is 0. The minimum atomic E-state index is -1.70. The van der Waals surface area contributed by atoms with Crippen molar-refractivity contribution in [3.63, 3.8) is 0 Å². The van der Waals surface area contributed by atoms with Crippen LogP contribution in [0.5, 0.6) is 5.75 Å². The highest BCUT2D eigenvalue weighted by Crippen LogP contribution is 2.12. The minimum absolute atomic E-state index is 0.0134. The number of nitrogens with two attached hydrogens (primary N) is 1. The normalized spacial score (nSPS) is 13.9. The Labute approximate surface area is 232 Å². The van der Waals surface area contributed by atoms with Crippen molar-refractivity contribution in [1.29, 1.82) is 0 Å². The van der Waals surface area contributed by atoms with Crippen molar-refractivity contribution >= 4 is 29.7 Å². The average molecular weight is 557 g/mol. The van der Waals surface area contributed by atoms with Crippen LogP contribution in [0.2, 0.25) is 0 Å². The predicted octanol–water partition coefficient (Wildman–Crippen LogP) is 0.565. The highest BCUT2D eigenvalue weighted by molar-refractivity contribution is 5.94. The second-order valence-corrected chi connectivity index (χ2v) is 9.92. The van der Waals surface area contributed by atoms with Gasteiger partial charge in [0, 0.05) is 6.42 Å². The molecular weight excluding hydrogens is 520 g/mol. The zero-order valence-corrected chi connectivity index (χ0v) is 22.4. The second kappa shape index (κ2) is 15.2. The third kappa shape index (κ3) is 10.7. The van der Waals surface area contributed by atoms with Crippen LogP contribution in [0.1, 0.15) is 37.8 Å². The Kier molecular flexibility index (Phi) is 12.1. The summed E-state index contributed by atoms with van der Waals surface area (Å²) in [6.45, 7) is 3.70. The number of carboxylic acids is 2. The molecule has 40 heavy (non-hydrogen) atoms. The van der Waals surface area contributed by atoms with Crippen LogP contribution in [0.25, 0.3) is 0 Å². The van der Waals surface area contributed by atoms with Crippen molar-refractivity contribution in [2.24, 2.45) is 11.7 Å². The molecule has 4 atom stereocenters. The molecule has 8 N–H and O–H groups in total. The van der Waals surface area contributed by atoms with Gasteiger partial charge in [0.2, 0.25) is 17.7 Å². The van der Waals surface area contributed by atoms with Crippen LogP contribution in [0.3, 0.4) is 0 Å². The van der Waals surface area contributed by atoms with Gasteiger partial charge in [-0.15, -0.1) is 0 Å². The smallest absolute Gasteiger partial charge is 0.326 e. The van der Waals surface area contributed by atoms with Crippen molar-refractivity contribution in [1.82, 2.24) is 16.0 Å². The lowest BCUT2D eigenvalue weighted by Crippen LogP contribution is -2.58. The lowest BCUT2D eigenvalue weighted by atomic mass is 10.00. The Morgan fingerprint density at radius 1 is 0.725 bits per heavy atom. The van der Waals surface area contributed by atoms with Crippen molar-refractivity contribution in [2.75, 3.05) is 0 Å². The molecule has 0 aliphatic heterocycles. The summed E-state index contributed by atoms with van der Waals surface area (Å²) in [5, 5.41) is 35.2. The van der Waals surface area contributed by atoms with E-state index in [1.165, 1.54) is 12.1 Å². The van der Waals surface area contributed by atoms with Gasteiger partial charge in [-0.05, 0) is 42.0 Å². The summed E-state index contributed by atoms with van der Waals surface area (Å²) in [6, 6.07) is 9.83. The van der Waals surface area contributed by atoms with Crippen molar-refractivity contribution in [3.8, 4) is 5.75 Å². The van der Waals surface area contributed by atoms with Crippen molar-refractivity contribution in [2.45, 2.75) is 63.7 Å². The van der Waals surface area contributed by atoms with Gasteiger partial charge in [0.15, 0.2) is 0 Å². The highest BCUT2D eigenvalue weighted by Gasteiger charge is 2.31. The van der Waals surface area contributed by atoms with E-state index in [0.717, 1.165) is 0 Å². The van der Waals surface area contributed by atoms with Crippen LogP contribution in [0, 0.1) is 5.92 Å². The van der Waals surface area contributed by atoms with Gasteiger partial charge in [-0.2, -0.15) is 0 Å². The van der Waals surface area contributed by atoms with Gasteiger partial charge < -0.3 is 37.0 Å². The summed E-state index contributed by atoms with van der Waals surface area (Å²) in [5.41, 5.74) is 7.44. The Morgan fingerprint density at radius 2 is 1.25 bits per heavy atom. The first-order chi connectivity index (χ1) is 18.8. The van der Waals surface area contributed by atoms with Gasteiger partial charge in [-0.3, -0.25) is 19.2 Å². The van der Waals surface area contributed by atoms with Gasteiger partial charge >= 0.3 is 11.9 Å². The first-order valence-corrected chi connectivity index (χ1v) is 12.8.